The number of rotatable bonds is 4. The van der Waals surface area contributed by atoms with Gasteiger partial charge in [0.2, 0.25) is 5.13 Å². The van der Waals surface area contributed by atoms with E-state index in [0.29, 0.717) is 5.92 Å². The summed E-state index contributed by atoms with van der Waals surface area (Å²) in [5, 5.41) is 21.3. The van der Waals surface area contributed by atoms with E-state index in [2.05, 4.69) is 33.8 Å². The number of hydrogen-bond acceptors (Lipinski definition) is 7. The SMILES string of the molecule is CC(C)c1nnc(N2CCN(c3ccc([N+](=O)[O-])cc3)CC2)s1. The van der Waals surface area contributed by atoms with Gasteiger partial charge in [-0.25, -0.2) is 0 Å². The van der Waals surface area contributed by atoms with Crippen LogP contribution in [-0.4, -0.2) is 41.3 Å². The monoisotopic (exact) mass is 333 g/mol. The van der Waals surface area contributed by atoms with Crippen LogP contribution in [0.5, 0.6) is 0 Å². The number of piperazine rings is 1. The number of anilines is 2. The van der Waals surface area contributed by atoms with Crippen LogP contribution in [0, 0.1) is 10.1 Å². The lowest BCUT2D eigenvalue weighted by Gasteiger charge is -2.35. The zero-order valence-corrected chi connectivity index (χ0v) is 14.0. The van der Waals surface area contributed by atoms with Gasteiger partial charge in [-0.2, -0.15) is 0 Å². The van der Waals surface area contributed by atoms with Crippen molar-refractivity contribution in [2.24, 2.45) is 0 Å². The minimum absolute atomic E-state index is 0.127. The van der Waals surface area contributed by atoms with Crippen LogP contribution in [0.25, 0.3) is 0 Å². The average Bonchev–Trinajstić information content (AvgIpc) is 3.05. The Bertz CT molecular complexity index is 677. The zero-order chi connectivity index (χ0) is 16.4. The highest BCUT2D eigenvalue weighted by Crippen LogP contribution is 2.27. The molecule has 0 spiro atoms. The van der Waals surface area contributed by atoms with E-state index in [9.17, 15) is 10.1 Å². The van der Waals surface area contributed by atoms with Crippen LogP contribution in [-0.2, 0) is 0 Å². The van der Waals surface area contributed by atoms with Crippen molar-refractivity contribution in [3.63, 3.8) is 0 Å². The van der Waals surface area contributed by atoms with E-state index in [1.54, 1.807) is 23.5 Å². The van der Waals surface area contributed by atoms with Crippen molar-refractivity contribution in [2.75, 3.05) is 36.0 Å². The third kappa shape index (κ3) is 3.42. The van der Waals surface area contributed by atoms with Gasteiger partial charge in [-0.1, -0.05) is 25.2 Å². The predicted molar refractivity (Wildman–Crippen MR) is 91.5 cm³/mol. The highest BCUT2D eigenvalue weighted by Gasteiger charge is 2.21. The van der Waals surface area contributed by atoms with Gasteiger partial charge >= 0.3 is 0 Å². The fourth-order valence-electron chi connectivity index (χ4n) is 2.53. The number of non-ortho nitro benzene ring substituents is 1. The lowest BCUT2D eigenvalue weighted by atomic mass is 10.2. The molecule has 0 aliphatic carbocycles. The lowest BCUT2D eigenvalue weighted by Crippen LogP contribution is -2.46. The normalized spacial score (nSPS) is 15.3. The van der Waals surface area contributed by atoms with Crippen LogP contribution < -0.4 is 9.80 Å². The Morgan fingerprint density at radius 1 is 1.09 bits per heavy atom. The van der Waals surface area contributed by atoms with Crippen molar-refractivity contribution < 1.29 is 4.92 Å². The second-order valence-corrected chi connectivity index (χ2v) is 6.81. The molecule has 0 bridgehead atoms. The number of nitrogens with zero attached hydrogens (tertiary/aromatic N) is 5. The number of nitro groups is 1. The molecule has 0 radical (unpaired) electrons. The van der Waals surface area contributed by atoms with E-state index in [1.807, 2.05) is 12.1 Å². The van der Waals surface area contributed by atoms with Crippen LogP contribution in [0.1, 0.15) is 24.8 Å². The molecule has 3 rings (SSSR count). The number of hydrogen-bond donors (Lipinski definition) is 0. The summed E-state index contributed by atoms with van der Waals surface area (Å²) in [6.45, 7) is 7.74. The molecule has 2 aromatic rings. The van der Waals surface area contributed by atoms with E-state index in [4.69, 9.17) is 0 Å². The van der Waals surface area contributed by atoms with Crippen LogP contribution in [0.2, 0.25) is 0 Å². The highest BCUT2D eigenvalue weighted by atomic mass is 32.1. The van der Waals surface area contributed by atoms with Crippen molar-refractivity contribution in [1.82, 2.24) is 10.2 Å². The summed E-state index contributed by atoms with van der Waals surface area (Å²) < 4.78 is 0. The standard InChI is InChI=1S/C15H19N5O2S/c1-11(2)14-16-17-15(23-14)19-9-7-18(8-10-19)12-3-5-13(6-4-12)20(21)22/h3-6,11H,7-10H2,1-2H3. The summed E-state index contributed by atoms with van der Waals surface area (Å²) in [5.74, 6) is 0.405. The van der Waals surface area contributed by atoms with Crippen LogP contribution in [0.15, 0.2) is 24.3 Å². The Morgan fingerprint density at radius 2 is 1.70 bits per heavy atom. The first kappa shape index (κ1) is 15.7. The number of aromatic nitrogens is 2. The maximum absolute atomic E-state index is 10.7. The van der Waals surface area contributed by atoms with Gasteiger partial charge in [0, 0.05) is 49.9 Å². The Kier molecular flexibility index (Phi) is 4.42. The summed E-state index contributed by atoms with van der Waals surface area (Å²) in [6.07, 6.45) is 0. The highest BCUT2D eigenvalue weighted by molar-refractivity contribution is 7.15. The maximum atomic E-state index is 10.7. The third-order valence-electron chi connectivity index (χ3n) is 3.90. The molecular formula is C15H19N5O2S. The lowest BCUT2D eigenvalue weighted by molar-refractivity contribution is -0.384. The molecule has 1 aromatic heterocycles. The summed E-state index contributed by atoms with van der Waals surface area (Å²) in [7, 11) is 0. The molecule has 0 atom stereocenters. The van der Waals surface area contributed by atoms with Crippen LogP contribution in [0.3, 0.4) is 0 Å². The smallest absolute Gasteiger partial charge is 0.269 e. The molecule has 122 valence electrons. The van der Waals surface area contributed by atoms with Crippen molar-refractivity contribution >= 4 is 27.8 Å². The Morgan fingerprint density at radius 3 is 2.22 bits per heavy atom. The van der Waals surface area contributed by atoms with Gasteiger partial charge in [-0.05, 0) is 12.1 Å². The summed E-state index contributed by atoms with van der Waals surface area (Å²) in [5.41, 5.74) is 1.15. The molecule has 8 heteroatoms. The molecule has 0 saturated carbocycles. The van der Waals surface area contributed by atoms with E-state index < -0.39 is 0 Å². The molecule has 2 heterocycles. The van der Waals surface area contributed by atoms with Gasteiger partial charge < -0.3 is 9.80 Å². The second-order valence-electron chi connectivity index (χ2n) is 5.83. The zero-order valence-electron chi connectivity index (χ0n) is 13.2. The van der Waals surface area contributed by atoms with Gasteiger partial charge in [-0.3, -0.25) is 10.1 Å². The molecule has 0 amide bonds. The first-order chi connectivity index (χ1) is 11.0. The van der Waals surface area contributed by atoms with Gasteiger partial charge in [0.05, 0.1) is 4.92 Å². The maximum Gasteiger partial charge on any atom is 0.269 e. The molecule has 1 aromatic carbocycles. The Balaban J connectivity index is 1.62. The van der Waals surface area contributed by atoms with E-state index in [-0.39, 0.29) is 10.6 Å². The van der Waals surface area contributed by atoms with Gasteiger partial charge in [0.15, 0.2) is 0 Å². The summed E-state index contributed by atoms with van der Waals surface area (Å²) in [4.78, 5) is 14.8. The van der Waals surface area contributed by atoms with E-state index in [1.165, 1.54) is 0 Å². The largest absolute Gasteiger partial charge is 0.368 e. The fraction of sp³-hybridized carbons (Fsp3) is 0.467. The van der Waals surface area contributed by atoms with Gasteiger partial charge in [-0.15, -0.1) is 10.2 Å². The van der Waals surface area contributed by atoms with Crippen LogP contribution in [0.4, 0.5) is 16.5 Å². The third-order valence-corrected chi connectivity index (χ3v) is 5.18. The first-order valence-corrected chi connectivity index (χ1v) is 8.44. The van der Waals surface area contributed by atoms with Crippen molar-refractivity contribution in [3.8, 4) is 0 Å². The average molecular weight is 333 g/mol. The molecule has 1 aliphatic rings. The summed E-state index contributed by atoms with van der Waals surface area (Å²) >= 11 is 1.66. The molecule has 1 aliphatic heterocycles. The Labute approximate surface area is 138 Å². The Hall–Kier alpha value is -2.22. The fourth-order valence-corrected chi connectivity index (χ4v) is 3.43. The quantitative estimate of drug-likeness (QED) is 0.632. The first-order valence-electron chi connectivity index (χ1n) is 7.62. The predicted octanol–water partition coefficient (Wildman–Crippen LogP) is 2.90. The molecule has 0 unspecified atom stereocenters. The second kappa shape index (κ2) is 6.49. The van der Waals surface area contributed by atoms with Gasteiger partial charge in [0.25, 0.3) is 5.69 Å². The van der Waals surface area contributed by atoms with E-state index in [0.717, 1.165) is 42.0 Å². The van der Waals surface area contributed by atoms with Gasteiger partial charge in [0.1, 0.15) is 5.01 Å². The van der Waals surface area contributed by atoms with Crippen molar-refractivity contribution in [3.05, 3.63) is 39.4 Å². The molecular weight excluding hydrogens is 314 g/mol. The van der Waals surface area contributed by atoms with E-state index >= 15 is 0 Å². The summed E-state index contributed by atoms with van der Waals surface area (Å²) in [6, 6.07) is 6.74. The van der Waals surface area contributed by atoms with Crippen molar-refractivity contribution in [1.29, 1.82) is 0 Å². The van der Waals surface area contributed by atoms with Crippen molar-refractivity contribution in [2.45, 2.75) is 19.8 Å². The molecule has 1 fully saturated rings. The molecule has 23 heavy (non-hydrogen) atoms. The number of nitro benzene ring substituents is 1. The van der Waals surface area contributed by atoms with Crippen LogP contribution >= 0.6 is 11.3 Å². The topological polar surface area (TPSA) is 75.4 Å². The molecule has 1 saturated heterocycles. The molecule has 7 nitrogen and oxygen atoms in total. The minimum atomic E-state index is -0.372. The number of benzene rings is 1. The molecule has 0 N–H and O–H groups in total. The minimum Gasteiger partial charge on any atom is -0.368 e.